The standard InChI is InChI=1S/C24H28N4O5S3/c1-3-33-24(30)27-11-10-16-19(14-27)35-23(20(16)22-25-17-6-4-5-7-18(17)34-22)26-21(29)15-8-12-28(13-9-15)36(2,31)32/h4-7,15H,3,8-14H2,1-2H3,(H,26,29). The van der Waals surface area contributed by atoms with Crippen molar-refractivity contribution < 1.29 is 22.7 Å². The van der Waals surface area contributed by atoms with Crippen LogP contribution in [0.2, 0.25) is 0 Å². The Hall–Kier alpha value is -2.54. The first-order chi connectivity index (χ1) is 17.2. The van der Waals surface area contributed by atoms with Gasteiger partial charge in [-0.2, -0.15) is 0 Å². The number of aromatic nitrogens is 1. The number of para-hydroxylation sites is 1. The number of benzene rings is 1. The summed E-state index contributed by atoms with van der Waals surface area (Å²) in [5.41, 5.74) is 2.95. The molecule has 9 nitrogen and oxygen atoms in total. The minimum absolute atomic E-state index is 0.105. The lowest BCUT2D eigenvalue weighted by Crippen LogP contribution is -2.40. The highest BCUT2D eigenvalue weighted by atomic mass is 32.2. The third-order valence-corrected chi connectivity index (χ3v) is 10.1. The zero-order valence-corrected chi connectivity index (χ0v) is 22.6. The Morgan fingerprint density at radius 1 is 1.17 bits per heavy atom. The van der Waals surface area contributed by atoms with E-state index in [1.165, 1.54) is 21.9 Å². The van der Waals surface area contributed by atoms with E-state index in [1.54, 1.807) is 23.2 Å². The van der Waals surface area contributed by atoms with Gasteiger partial charge < -0.3 is 15.0 Å². The summed E-state index contributed by atoms with van der Waals surface area (Å²) < 4.78 is 31.4. The number of ether oxygens (including phenoxy) is 1. The summed E-state index contributed by atoms with van der Waals surface area (Å²) in [7, 11) is -3.25. The summed E-state index contributed by atoms with van der Waals surface area (Å²) in [6, 6.07) is 7.95. The zero-order chi connectivity index (χ0) is 25.4. The van der Waals surface area contributed by atoms with Gasteiger partial charge in [0.1, 0.15) is 10.0 Å². The van der Waals surface area contributed by atoms with Crippen molar-refractivity contribution >= 4 is 59.9 Å². The van der Waals surface area contributed by atoms with E-state index in [2.05, 4.69) is 5.32 Å². The molecule has 192 valence electrons. The Bertz CT molecular complexity index is 1370. The summed E-state index contributed by atoms with van der Waals surface area (Å²) in [4.78, 5) is 33.2. The average Bonchev–Trinajstić information content (AvgIpc) is 3.43. The molecule has 1 saturated heterocycles. The molecule has 0 aliphatic carbocycles. The molecule has 0 saturated carbocycles. The van der Waals surface area contributed by atoms with Crippen LogP contribution in [-0.2, 0) is 32.5 Å². The third-order valence-electron chi connectivity index (χ3n) is 6.62. The monoisotopic (exact) mass is 548 g/mol. The lowest BCUT2D eigenvalue weighted by Gasteiger charge is -2.29. The van der Waals surface area contributed by atoms with Gasteiger partial charge in [0.05, 0.1) is 29.6 Å². The van der Waals surface area contributed by atoms with Crippen molar-refractivity contribution in [1.82, 2.24) is 14.2 Å². The number of piperidine rings is 1. The normalized spacial score (nSPS) is 17.2. The van der Waals surface area contributed by atoms with Crippen LogP contribution in [0.15, 0.2) is 24.3 Å². The molecule has 0 atom stereocenters. The number of nitrogens with one attached hydrogen (secondary N) is 1. The molecule has 2 aromatic heterocycles. The van der Waals surface area contributed by atoms with Gasteiger partial charge in [-0.1, -0.05) is 12.1 Å². The number of anilines is 1. The highest BCUT2D eigenvalue weighted by Crippen LogP contribution is 2.46. The van der Waals surface area contributed by atoms with E-state index in [1.807, 2.05) is 24.3 Å². The minimum Gasteiger partial charge on any atom is -0.450 e. The quantitative estimate of drug-likeness (QED) is 0.513. The van der Waals surface area contributed by atoms with E-state index in [-0.39, 0.29) is 17.9 Å². The van der Waals surface area contributed by atoms with Crippen molar-refractivity contribution in [3.05, 3.63) is 34.7 Å². The van der Waals surface area contributed by atoms with Crippen LogP contribution in [0.1, 0.15) is 30.2 Å². The van der Waals surface area contributed by atoms with E-state index in [0.29, 0.717) is 52.0 Å². The molecule has 2 aliphatic rings. The zero-order valence-electron chi connectivity index (χ0n) is 20.2. The molecule has 2 aliphatic heterocycles. The average molecular weight is 549 g/mol. The smallest absolute Gasteiger partial charge is 0.410 e. The molecule has 2 amide bonds. The van der Waals surface area contributed by atoms with Crippen LogP contribution in [0, 0.1) is 5.92 Å². The summed E-state index contributed by atoms with van der Waals surface area (Å²) >= 11 is 3.07. The van der Waals surface area contributed by atoms with Gasteiger partial charge in [0.15, 0.2) is 0 Å². The number of amides is 2. The number of rotatable bonds is 5. The van der Waals surface area contributed by atoms with Gasteiger partial charge >= 0.3 is 6.09 Å². The number of thiazole rings is 1. The van der Waals surface area contributed by atoms with Crippen LogP contribution >= 0.6 is 22.7 Å². The highest BCUT2D eigenvalue weighted by molar-refractivity contribution is 7.88. The van der Waals surface area contributed by atoms with Gasteiger partial charge in [-0.15, -0.1) is 22.7 Å². The molecule has 0 bridgehead atoms. The molecule has 12 heteroatoms. The number of thiophene rings is 1. The van der Waals surface area contributed by atoms with Crippen molar-refractivity contribution in [3.63, 3.8) is 0 Å². The Balaban J connectivity index is 1.44. The number of carbonyl (C=O) groups excluding carboxylic acids is 2. The van der Waals surface area contributed by atoms with Crippen molar-refractivity contribution in [2.24, 2.45) is 5.92 Å². The topological polar surface area (TPSA) is 109 Å². The highest BCUT2D eigenvalue weighted by Gasteiger charge is 2.33. The second-order valence-corrected chi connectivity index (χ2v) is 13.1. The van der Waals surface area contributed by atoms with E-state index in [9.17, 15) is 18.0 Å². The summed E-state index contributed by atoms with van der Waals surface area (Å²) in [5, 5.41) is 4.73. The maximum Gasteiger partial charge on any atom is 0.410 e. The van der Waals surface area contributed by atoms with E-state index >= 15 is 0 Å². The first kappa shape index (κ1) is 25.1. The van der Waals surface area contributed by atoms with Gasteiger partial charge in [0, 0.05) is 36.0 Å². The minimum atomic E-state index is -3.25. The number of sulfonamides is 1. The molecule has 1 fully saturated rings. The Labute approximate surface area is 218 Å². The molecule has 0 unspecified atom stereocenters. The number of hydrogen-bond acceptors (Lipinski definition) is 8. The maximum absolute atomic E-state index is 13.3. The second-order valence-electron chi connectivity index (χ2n) is 8.99. The summed E-state index contributed by atoms with van der Waals surface area (Å²) in [6.07, 6.45) is 2.49. The Kier molecular flexibility index (Phi) is 7.03. The number of hydrogen-bond donors (Lipinski definition) is 1. The Morgan fingerprint density at radius 2 is 1.92 bits per heavy atom. The van der Waals surface area contributed by atoms with Gasteiger partial charge in [-0.25, -0.2) is 22.5 Å². The first-order valence-electron chi connectivity index (χ1n) is 11.9. The molecular weight excluding hydrogens is 520 g/mol. The van der Waals surface area contributed by atoms with Crippen LogP contribution in [0.5, 0.6) is 0 Å². The Morgan fingerprint density at radius 3 is 2.61 bits per heavy atom. The molecule has 0 radical (unpaired) electrons. The fourth-order valence-electron chi connectivity index (χ4n) is 4.73. The van der Waals surface area contributed by atoms with Crippen LogP contribution in [0.25, 0.3) is 20.8 Å². The van der Waals surface area contributed by atoms with Gasteiger partial charge in [-0.05, 0) is 43.9 Å². The van der Waals surface area contributed by atoms with E-state index < -0.39 is 10.0 Å². The van der Waals surface area contributed by atoms with E-state index in [4.69, 9.17) is 9.72 Å². The second kappa shape index (κ2) is 10.1. The third kappa shape index (κ3) is 4.99. The summed E-state index contributed by atoms with van der Waals surface area (Å²) in [5.74, 6) is -0.368. The molecule has 1 aromatic carbocycles. The lowest BCUT2D eigenvalue weighted by molar-refractivity contribution is -0.120. The van der Waals surface area contributed by atoms with E-state index in [0.717, 1.165) is 36.2 Å². The van der Waals surface area contributed by atoms with Crippen molar-refractivity contribution in [2.75, 3.05) is 37.8 Å². The predicted molar refractivity (Wildman–Crippen MR) is 142 cm³/mol. The van der Waals surface area contributed by atoms with Crippen molar-refractivity contribution in [2.45, 2.75) is 32.7 Å². The molecular formula is C24H28N4O5S3. The fourth-order valence-corrected chi connectivity index (χ4v) is 7.98. The molecule has 3 aromatic rings. The maximum atomic E-state index is 13.3. The van der Waals surface area contributed by atoms with Gasteiger partial charge in [-0.3, -0.25) is 4.79 Å². The van der Waals surface area contributed by atoms with Gasteiger partial charge in [0.2, 0.25) is 15.9 Å². The number of carbonyl (C=O) groups is 2. The molecule has 36 heavy (non-hydrogen) atoms. The SMILES string of the molecule is CCOC(=O)N1CCc2c(sc(NC(=O)C3CCN(S(C)(=O)=O)CC3)c2-c2nc3ccccc3s2)C1. The number of fused-ring (bicyclic) bond motifs is 2. The lowest BCUT2D eigenvalue weighted by atomic mass is 9.97. The molecule has 5 rings (SSSR count). The summed E-state index contributed by atoms with van der Waals surface area (Å²) in [6.45, 7) is 3.77. The van der Waals surface area contributed by atoms with Crippen LogP contribution in [0.4, 0.5) is 9.80 Å². The largest absolute Gasteiger partial charge is 0.450 e. The molecule has 0 spiro atoms. The van der Waals surface area contributed by atoms with Crippen LogP contribution < -0.4 is 5.32 Å². The van der Waals surface area contributed by atoms with Gasteiger partial charge in [0.25, 0.3) is 0 Å². The van der Waals surface area contributed by atoms with Crippen LogP contribution in [0.3, 0.4) is 0 Å². The molecule has 1 N–H and O–H groups in total. The fraction of sp³-hybridized carbons (Fsp3) is 0.458. The van der Waals surface area contributed by atoms with Crippen LogP contribution in [-0.4, -0.2) is 67.1 Å². The molecule has 4 heterocycles. The van der Waals surface area contributed by atoms with Crippen molar-refractivity contribution in [3.8, 4) is 10.6 Å². The van der Waals surface area contributed by atoms with Crippen molar-refractivity contribution in [1.29, 1.82) is 0 Å². The first-order valence-corrected chi connectivity index (χ1v) is 15.4. The predicted octanol–water partition coefficient (Wildman–Crippen LogP) is 4.15. The number of nitrogens with zero attached hydrogens (tertiary/aromatic N) is 3.